The van der Waals surface area contributed by atoms with Crippen molar-refractivity contribution in [2.45, 2.75) is 42.4 Å². The van der Waals surface area contributed by atoms with E-state index in [2.05, 4.69) is 20.7 Å². The predicted octanol–water partition coefficient (Wildman–Crippen LogP) is 2.40. The molecule has 7 heteroatoms. The Morgan fingerprint density at radius 1 is 1.50 bits per heavy atom. The van der Waals surface area contributed by atoms with Crippen LogP contribution in [0.2, 0.25) is 0 Å². The van der Waals surface area contributed by atoms with Gasteiger partial charge in [0.1, 0.15) is 4.21 Å². The van der Waals surface area contributed by atoms with Gasteiger partial charge in [0, 0.05) is 0 Å². The minimum Gasteiger partial charge on any atom is -0.394 e. The first kappa shape index (κ1) is 14.5. The number of nitrogens with one attached hydrogen (secondary N) is 1. The third-order valence-electron chi connectivity index (χ3n) is 3.31. The molecule has 0 saturated heterocycles. The van der Waals surface area contributed by atoms with Gasteiger partial charge in [-0.1, -0.05) is 12.8 Å². The fourth-order valence-corrected chi connectivity index (χ4v) is 5.92. The lowest BCUT2D eigenvalue weighted by Gasteiger charge is -2.27. The first-order valence-corrected chi connectivity index (χ1v) is 8.89. The summed E-state index contributed by atoms with van der Waals surface area (Å²) in [6, 6.07) is 1.65. The van der Waals surface area contributed by atoms with Crippen LogP contribution in [0.15, 0.2) is 14.1 Å². The summed E-state index contributed by atoms with van der Waals surface area (Å²) in [7, 11) is -3.54. The molecule has 1 aromatic heterocycles. The molecule has 0 aromatic carbocycles. The largest absolute Gasteiger partial charge is 0.394 e. The number of aryl methyl sites for hydroxylation is 1. The molecule has 18 heavy (non-hydrogen) atoms. The normalized spacial score (nSPS) is 19.3. The third-order valence-corrected chi connectivity index (χ3v) is 7.50. The lowest BCUT2D eigenvalue weighted by molar-refractivity contribution is 0.185. The highest BCUT2D eigenvalue weighted by atomic mass is 79.9. The first-order valence-electron chi connectivity index (χ1n) is 5.79. The molecule has 102 valence electrons. The van der Waals surface area contributed by atoms with E-state index < -0.39 is 15.6 Å². The molecule has 1 heterocycles. The van der Waals surface area contributed by atoms with Gasteiger partial charge in [0.25, 0.3) is 10.0 Å². The zero-order valence-corrected chi connectivity index (χ0v) is 13.3. The van der Waals surface area contributed by atoms with Crippen molar-refractivity contribution in [3.8, 4) is 0 Å². The van der Waals surface area contributed by atoms with Crippen LogP contribution < -0.4 is 4.72 Å². The molecule has 0 spiro atoms. The Labute approximate surface area is 120 Å². The van der Waals surface area contributed by atoms with Crippen molar-refractivity contribution in [1.29, 1.82) is 0 Å². The quantitative estimate of drug-likeness (QED) is 0.873. The van der Waals surface area contributed by atoms with E-state index in [1.807, 2.05) is 6.92 Å². The average Bonchev–Trinajstić information content (AvgIpc) is 2.88. The lowest BCUT2D eigenvalue weighted by Crippen LogP contribution is -2.48. The van der Waals surface area contributed by atoms with Gasteiger partial charge in [-0.3, -0.25) is 0 Å². The van der Waals surface area contributed by atoms with E-state index in [-0.39, 0.29) is 6.61 Å². The molecule has 1 saturated carbocycles. The van der Waals surface area contributed by atoms with Crippen molar-refractivity contribution in [3.05, 3.63) is 15.4 Å². The van der Waals surface area contributed by atoms with E-state index in [4.69, 9.17) is 0 Å². The highest BCUT2D eigenvalue weighted by molar-refractivity contribution is 9.11. The van der Waals surface area contributed by atoms with Crippen molar-refractivity contribution in [3.63, 3.8) is 0 Å². The Bertz CT molecular complexity index is 513. The Hall–Kier alpha value is 0.0500. The molecule has 0 aliphatic heterocycles. The third kappa shape index (κ3) is 2.80. The van der Waals surface area contributed by atoms with Crippen LogP contribution in [0.4, 0.5) is 0 Å². The van der Waals surface area contributed by atoms with Gasteiger partial charge in [0.15, 0.2) is 0 Å². The van der Waals surface area contributed by atoms with Gasteiger partial charge in [-0.25, -0.2) is 13.1 Å². The molecule has 2 N–H and O–H groups in total. The second-order valence-electron chi connectivity index (χ2n) is 4.77. The standard InChI is InChI=1S/C11H16BrNO3S2/c1-8-6-9(17-10(8)12)18(15,16)13-11(7-14)4-2-3-5-11/h6,13-14H,2-5,7H2,1H3. The number of halogens is 1. The smallest absolute Gasteiger partial charge is 0.250 e. The molecule has 1 aliphatic rings. The van der Waals surface area contributed by atoms with Crippen molar-refractivity contribution < 1.29 is 13.5 Å². The van der Waals surface area contributed by atoms with E-state index in [1.165, 1.54) is 11.3 Å². The summed E-state index contributed by atoms with van der Waals surface area (Å²) in [5, 5.41) is 9.45. The van der Waals surface area contributed by atoms with Crippen molar-refractivity contribution >= 4 is 37.3 Å². The van der Waals surface area contributed by atoms with Gasteiger partial charge in [-0.05, 0) is 47.3 Å². The van der Waals surface area contributed by atoms with Crippen LogP contribution in [0.3, 0.4) is 0 Å². The number of sulfonamides is 1. The molecule has 0 bridgehead atoms. The average molecular weight is 354 g/mol. The Morgan fingerprint density at radius 3 is 2.56 bits per heavy atom. The summed E-state index contributed by atoms with van der Waals surface area (Å²) in [6.45, 7) is 1.72. The first-order chi connectivity index (χ1) is 8.38. The Balaban J connectivity index is 2.26. The van der Waals surface area contributed by atoms with Crippen molar-refractivity contribution in [1.82, 2.24) is 4.72 Å². The molecule has 0 unspecified atom stereocenters. The molecule has 2 rings (SSSR count). The minimum atomic E-state index is -3.54. The van der Waals surface area contributed by atoms with Gasteiger partial charge < -0.3 is 5.11 Å². The molecule has 4 nitrogen and oxygen atoms in total. The summed E-state index contributed by atoms with van der Waals surface area (Å²) in [5.74, 6) is 0. The molecular formula is C11H16BrNO3S2. The highest BCUT2D eigenvalue weighted by Crippen LogP contribution is 2.34. The van der Waals surface area contributed by atoms with Crippen LogP contribution in [0.1, 0.15) is 31.2 Å². The molecule has 1 aliphatic carbocycles. The van der Waals surface area contributed by atoms with E-state index in [1.54, 1.807) is 6.07 Å². The van der Waals surface area contributed by atoms with Crippen LogP contribution in [0.5, 0.6) is 0 Å². The van der Waals surface area contributed by atoms with Crippen LogP contribution in [-0.4, -0.2) is 25.7 Å². The Kier molecular flexibility index (Phi) is 4.18. The summed E-state index contributed by atoms with van der Waals surface area (Å²) in [6.07, 6.45) is 3.31. The molecule has 1 aromatic rings. The lowest BCUT2D eigenvalue weighted by atomic mass is 10.0. The maximum Gasteiger partial charge on any atom is 0.250 e. The predicted molar refractivity (Wildman–Crippen MR) is 75.4 cm³/mol. The van der Waals surface area contributed by atoms with Gasteiger partial charge in [0.2, 0.25) is 0 Å². The molecular weight excluding hydrogens is 338 g/mol. The molecule has 0 atom stereocenters. The van der Waals surface area contributed by atoms with E-state index in [9.17, 15) is 13.5 Å². The minimum absolute atomic E-state index is 0.141. The second kappa shape index (κ2) is 5.20. The van der Waals surface area contributed by atoms with Crippen molar-refractivity contribution in [2.75, 3.05) is 6.61 Å². The van der Waals surface area contributed by atoms with Crippen LogP contribution >= 0.6 is 27.3 Å². The maximum absolute atomic E-state index is 12.3. The SMILES string of the molecule is Cc1cc(S(=O)(=O)NC2(CO)CCCC2)sc1Br. The molecule has 1 fully saturated rings. The van der Waals surface area contributed by atoms with Crippen LogP contribution in [-0.2, 0) is 10.0 Å². The second-order valence-corrected chi connectivity index (χ2v) is 9.05. The summed E-state index contributed by atoms with van der Waals surface area (Å²) in [4.78, 5) is 0. The van der Waals surface area contributed by atoms with Crippen LogP contribution in [0, 0.1) is 6.92 Å². The number of hydrogen-bond acceptors (Lipinski definition) is 4. The van der Waals surface area contributed by atoms with E-state index in [0.29, 0.717) is 17.1 Å². The summed E-state index contributed by atoms with van der Waals surface area (Å²) >= 11 is 4.53. The molecule has 0 amide bonds. The highest BCUT2D eigenvalue weighted by Gasteiger charge is 2.38. The number of aliphatic hydroxyl groups excluding tert-OH is 1. The van der Waals surface area contributed by atoms with Gasteiger partial charge in [-0.15, -0.1) is 11.3 Å². The van der Waals surface area contributed by atoms with E-state index in [0.717, 1.165) is 22.2 Å². The Morgan fingerprint density at radius 2 is 2.11 bits per heavy atom. The number of thiophene rings is 1. The summed E-state index contributed by atoms with van der Waals surface area (Å²) < 4.78 is 28.4. The fourth-order valence-electron chi connectivity index (χ4n) is 2.24. The topological polar surface area (TPSA) is 66.4 Å². The zero-order chi connectivity index (χ0) is 13.4. The zero-order valence-electron chi connectivity index (χ0n) is 10.1. The van der Waals surface area contributed by atoms with Crippen LogP contribution in [0.25, 0.3) is 0 Å². The monoisotopic (exact) mass is 353 g/mol. The fraction of sp³-hybridized carbons (Fsp3) is 0.636. The van der Waals surface area contributed by atoms with Gasteiger partial charge >= 0.3 is 0 Å². The summed E-state index contributed by atoms with van der Waals surface area (Å²) in [5.41, 5.74) is 0.244. The van der Waals surface area contributed by atoms with E-state index >= 15 is 0 Å². The maximum atomic E-state index is 12.3. The molecule has 0 radical (unpaired) electrons. The van der Waals surface area contributed by atoms with Gasteiger partial charge in [0.05, 0.1) is 15.9 Å². The van der Waals surface area contributed by atoms with Crippen molar-refractivity contribution in [2.24, 2.45) is 0 Å². The number of aliphatic hydroxyl groups is 1. The number of hydrogen-bond donors (Lipinski definition) is 2. The van der Waals surface area contributed by atoms with Gasteiger partial charge in [-0.2, -0.15) is 0 Å². The number of rotatable bonds is 4.